The van der Waals surface area contributed by atoms with Crippen LogP contribution in [0.4, 0.5) is 4.39 Å². The topological polar surface area (TPSA) is 146 Å². The van der Waals surface area contributed by atoms with E-state index in [0.29, 0.717) is 0 Å². The number of hydrogen-bond donors (Lipinski definition) is 2. The van der Waals surface area contributed by atoms with Gasteiger partial charge in [0.1, 0.15) is 40.3 Å². The number of rotatable bonds is 8. The van der Waals surface area contributed by atoms with Crippen LogP contribution in [-0.2, 0) is 0 Å². The summed E-state index contributed by atoms with van der Waals surface area (Å²) in [4.78, 5) is 49.8. The molecule has 0 amide bonds. The molecule has 0 spiro atoms. The van der Waals surface area contributed by atoms with Crippen LogP contribution in [0.2, 0.25) is 0 Å². The van der Waals surface area contributed by atoms with Crippen LogP contribution in [0.5, 0.6) is 34.5 Å². The van der Waals surface area contributed by atoms with Crippen molar-refractivity contribution >= 4 is 23.9 Å². The normalized spacial score (nSPS) is 10.4. The zero-order valence-electron chi connectivity index (χ0n) is 23.0. The summed E-state index contributed by atoms with van der Waals surface area (Å²) in [5.41, 5.74) is 0.550. The summed E-state index contributed by atoms with van der Waals surface area (Å²) in [7, 11) is 0. The van der Waals surface area contributed by atoms with Crippen molar-refractivity contribution < 1.29 is 52.7 Å². The summed E-state index contributed by atoms with van der Waals surface area (Å²) in [5.74, 6) is -4.07. The lowest BCUT2D eigenvalue weighted by molar-refractivity contribution is 0.0722. The Kier molecular flexibility index (Phi) is 8.81. The summed E-state index contributed by atoms with van der Waals surface area (Å²) in [5, 5.41) is 18.7. The van der Waals surface area contributed by atoms with E-state index in [1.807, 2.05) is 0 Å². The highest BCUT2D eigenvalue weighted by Gasteiger charge is 2.16. The Morgan fingerprint density at radius 3 is 0.978 bits per heavy atom. The Bertz CT molecular complexity index is 1730. The van der Waals surface area contributed by atoms with Gasteiger partial charge in [0.15, 0.2) is 0 Å². The second-order valence-corrected chi connectivity index (χ2v) is 9.32. The molecule has 0 aliphatic rings. The molecule has 0 saturated carbocycles. The van der Waals surface area contributed by atoms with E-state index < -0.39 is 29.7 Å². The molecule has 11 heteroatoms. The molecular weight excluding hydrogens is 587 g/mol. The van der Waals surface area contributed by atoms with Crippen LogP contribution in [0, 0.1) is 5.82 Å². The summed E-state index contributed by atoms with van der Waals surface area (Å²) in [6.07, 6.45) is 0. The number of carbonyl (C=O) groups is 4. The maximum atomic E-state index is 14.3. The standard InChI is InChI=1S/C34H21FO10/c35-24-17-29(44-33(40)22-5-13-27(14-6-22)42-31(38)20-1-9-25(36)10-2-20)19-30(18-24)45-34(41)23-7-15-28(16-8-23)43-32(39)21-3-11-26(37)12-4-21/h1-19,36-37H. The number of esters is 4. The minimum atomic E-state index is -0.855. The maximum absolute atomic E-state index is 14.3. The van der Waals surface area contributed by atoms with Crippen LogP contribution in [0.1, 0.15) is 41.4 Å². The van der Waals surface area contributed by atoms with Gasteiger partial charge in [-0.1, -0.05) is 0 Å². The van der Waals surface area contributed by atoms with Gasteiger partial charge in [0.25, 0.3) is 0 Å². The van der Waals surface area contributed by atoms with Gasteiger partial charge in [0.2, 0.25) is 0 Å². The summed E-state index contributed by atoms with van der Waals surface area (Å²) < 4.78 is 35.3. The van der Waals surface area contributed by atoms with E-state index in [0.717, 1.165) is 18.2 Å². The minimum Gasteiger partial charge on any atom is -0.508 e. The fourth-order valence-electron chi connectivity index (χ4n) is 3.83. The van der Waals surface area contributed by atoms with E-state index in [-0.39, 0.29) is 56.8 Å². The zero-order valence-corrected chi connectivity index (χ0v) is 23.0. The van der Waals surface area contributed by atoms with Gasteiger partial charge in [0, 0.05) is 18.2 Å². The second kappa shape index (κ2) is 13.2. The maximum Gasteiger partial charge on any atom is 0.343 e. The van der Waals surface area contributed by atoms with E-state index >= 15 is 0 Å². The third-order valence-corrected chi connectivity index (χ3v) is 6.07. The molecule has 0 radical (unpaired) electrons. The number of ether oxygens (including phenoxy) is 4. The van der Waals surface area contributed by atoms with E-state index in [2.05, 4.69) is 0 Å². The highest BCUT2D eigenvalue weighted by atomic mass is 19.1. The number of phenols is 2. The van der Waals surface area contributed by atoms with E-state index in [1.165, 1.54) is 97.1 Å². The first kappa shape index (κ1) is 30.0. The fraction of sp³-hybridized carbons (Fsp3) is 0. The van der Waals surface area contributed by atoms with Gasteiger partial charge in [-0.2, -0.15) is 0 Å². The fourth-order valence-corrected chi connectivity index (χ4v) is 3.83. The number of carbonyl (C=O) groups excluding carboxylic acids is 4. The zero-order chi connectivity index (χ0) is 31.9. The van der Waals surface area contributed by atoms with Crippen molar-refractivity contribution in [3.63, 3.8) is 0 Å². The molecule has 0 aliphatic carbocycles. The molecule has 5 aromatic rings. The van der Waals surface area contributed by atoms with Gasteiger partial charge in [-0.25, -0.2) is 23.6 Å². The molecule has 0 unspecified atom stereocenters. The van der Waals surface area contributed by atoms with Crippen LogP contribution in [0.3, 0.4) is 0 Å². The molecule has 0 bridgehead atoms. The lowest BCUT2D eigenvalue weighted by atomic mass is 10.2. The van der Waals surface area contributed by atoms with Gasteiger partial charge < -0.3 is 29.2 Å². The molecule has 5 rings (SSSR count). The van der Waals surface area contributed by atoms with E-state index in [1.54, 1.807) is 0 Å². The molecule has 0 saturated heterocycles. The molecule has 10 nitrogen and oxygen atoms in total. The lowest BCUT2D eigenvalue weighted by Crippen LogP contribution is -2.11. The average molecular weight is 609 g/mol. The van der Waals surface area contributed by atoms with Crippen LogP contribution in [-0.4, -0.2) is 34.1 Å². The molecule has 5 aromatic carbocycles. The molecule has 0 aromatic heterocycles. The Balaban J connectivity index is 1.18. The van der Waals surface area contributed by atoms with Crippen LogP contribution >= 0.6 is 0 Å². The van der Waals surface area contributed by atoms with Gasteiger partial charge in [-0.15, -0.1) is 0 Å². The minimum absolute atomic E-state index is 0.00210. The first-order valence-corrected chi connectivity index (χ1v) is 13.1. The smallest absolute Gasteiger partial charge is 0.343 e. The third-order valence-electron chi connectivity index (χ3n) is 6.07. The first-order chi connectivity index (χ1) is 21.6. The SMILES string of the molecule is O=C(Oc1ccc(C(=O)Oc2cc(F)cc(OC(=O)c3ccc(OC(=O)c4ccc(O)cc4)cc3)c2)cc1)c1ccc(O)cc1. The van der Waals surface area contributed by atoms with Crippen LogP contribution in [0.15, 0.2) is 115 Å². The van der Waals surface area contributed by atoms with Crippen molar-refractivity contribution in [1.82, 2.24) is 0 Å². The summed E-state index contributed by atoms with van der Waals surface area (Å²) in [6, 6.07) is 24.8. The number of halogens is 1. The molecule has 0 aliphatic heterocycles. The summed E-state index contributed by atoms with van der Waals surface area (Å²) in [6.45, 7) is 0. The summed E-state index contributed by atoms with van der Waals surface area (Å²) >= 11 is 0. The van der Waals surface area contributed by atoms with Crippen LogP contribution < -0.4 is 18.9 Å². The number of hydrogen-bond acceptors (Lipinski definition) is 10. The van der Waals surface area contributed by atoms with Crippen molar-refractivity contribution in [1.29, 1.82) is 0 Å². The molecular formula is C34H21FO10. The Hall–Kier alpha value is -6.49. The van der Waals surface area contributed by atoms with Crippen molar-refractivity contribution in [2.24, 2.45) is 0 Å². The van der Waals surface area contributed by atoms with Crippen molar-refractivity contribution in [2.45, 2.75) is 0 Å². The highest BCUT2D eigenvalue weighted by Crippen LogP contribution is 2.25. The van der Waals surface area contributed by atoms with Crippen molar-refractivity contribution in [3.05, 3.63) is 143 Å². The number of aromatic hydroxyl groups is 2. The lowest BCUT2D eigenvalue weighted by Gasteiger charge is -2.09. The molecule has 45 heavy (non-hydrogen) atoms. The van der Waals surface area contributed by atoms with E-state index in [9.17, 15) is 33.8 Å². The number of benzene rings is 5. The monoisotopic (exact) mass is 608 g/mol. The van der Waals surface area contributed by atoms with Gasteiger partial charge in [-0.3, -0.25) is 0 Å². The Morgan fingerprint density at radius 2 is 0.667 bits per heavy atom. The van der Waals surface area contributed by atoms with Crippen LogP contribution in [0.25, 0.3) is 0 Å². The van der Waals surface area contributed by atoms with Gasteiger partial charge >= 0.3 is 23.9 Å². The molecule has 0 atom stereocenters. The number of phenolic OH excluding ortho intramolecular Hbond substituents is 2. The predicted molar refractivity (Wildman–Crippen MR) is 155 cm³/mol. The van der Waals surface area contributed by atoms with Crippen molar-refractivity contribution in [3.8, 4) is 34.5 Å². The van der Waals surface area contributed by atoms with Crippen molar-refractivity contribution in [2.75, 3.05) is 0 Å². The Morgan fingerprint density at radius 1 is 0.400 bits per heavy atom. The Labute approximate surface area is 254 Å². The largest absolute Gasteiger partial charge is 0.508 e. The highest BCUT2D eigenvalue weighted by molar-refractivity contribution is 5.94. The predicted octanol–water partition coefficient (Wildman–Crippen LogP) is 6.11. The molecule has 224 valence electrons. The second-order valence-electron chi connectivity index (χ2n) is 9.32. The van der Waals surface area contributed by atoms with Gasteiger partial charge in [-0.05, 0) is 97.1 Å². The molecule has 0 heterocycles. The van der Waals surface area contributed by atoms with Gasteiger partial charge in [0.05, 0.1) is 22.3 Å². The molecule has 0 fully saturated rings. The average Bonchev–Trinajstić information content (AvgIpc) is 3.02. The van der Waals surface area contributed by atoms with E-state index in [4.69, 9.17) is 18.9 Å². The molecule has 2 N–H and O–H groups in total. The third kappa shape index (κ3) is 7.87. The quantitative estimate of drug-likeness (QED) is 0.156. The first-order valence-electron chi connectivity index (χ1n) is 13.1.